The highest BCUT2D eigenvalue weighted by molar-refractivity contribution is 7.88. The van der Waals surface area contributed by atoms with Crippen molar-refractivity contribution >= 4 is 21.6 Å². The Morgan fingerprint density at radius 3 is 2.48 bits per heavy atom. The second-order valence-corrected chi connectivity index (χ2v) is 8.81. The Bertz CT molecular complexity index is 694. The van der Waals surface area contributed by atoms with E-state index in [1.807, 2.05) is 23.1 Å². The fraction of sp³-hybridized carbons (Fsp3) is 0.588. The maximum absolute atomic E-state index is 13.0. The van der Waals surface area contributed by atoms with Crippen LogP contribution in [0.4, 0.5) is 5.69 Å². The van der Waals surface area contributed by atoms with E-state index in [0.29, 0.717) is 31.8 Å². The summed E-state index contributed by atoms with van der Waals surface area (Å²) < 4.78 is 24.7. The number of carbonyl (C=O) groups excluding carboxylic acids is 1. The molecule has 2 aliphatic rings. The van der Waals surface area contributed by atoms with Gasteiger partial charge in [-0.25, -0.2) is 12.7 Å². The summed E-state index contributed by atoms with van der Waals surface area (Å²) in [6, 6.07) is 8.10. The van der Waals surface area contributed by atoms with Gasteiger partial charge in [-0.15, -0.1) is 0 Å². The smallest absolute Gasteiger partial charge is 0.230 e. The van der Waals surface area contributed by atoms with Crippen LogP contribution in [0.15, 0.2) is 24.3 Å². The number of fused-ring (bicyclic) bond motifs is 1. The number of para-hydroxylation sites is 1. The van der Waals surface area contributed by atoms with Gasteiger partial charge in [-0.05, 0) is 36.8 Å². The highest BCUT2D eigenvalue weighted by Gasteiger charge is 2.34. The first-order chi connectivity index (χ1) is 10.9. The van der Waals surface area contributed by atoms with E-state index in [1.54, 1.807) is 0 Å². The first-order valence-electron chi connectivity index (χ1n) is 8.20. The lowest BCUT2D eigenvalue weighted by molar-refractivity contribution is -0.123. The molecule has 0 bridgehead atoms. The Morgan fingerprint density at radius 1 is 1.17 bits per heavy atom. The van der Waals surface area contributed by atoms with Crippen LogP contribution < -0.4 is 4.90 Å². The molecule has 1 atom stereocenters. The van der Waals surface area contributed by atoms with E-state index in [9.17, 15) is 13.2 Å². The summed E-state index contributed by atoms with van der Waals surface area (Å²) in [6.07, 6.45) is 3.46. The molecule has 2 aliphatic heterocycles. The van der Waals surface area contributed by atoms with Crippen LogP contribution in [0, 0.1) is 11.8 Å². The highest BCUT2D eigenvalue weighted by Crippen LogP contribution is 2.32. The molecule has 0 saturated carbocycles. The first kappa shape index (κ1) is 16.5. The zero-order chi connectivity index (χ0) is 16.6. The van der Waals surface area contributed by atoms with Gasteiger partial charge in [0.25, 0.3) is 0 Å². The normalized spacial score (nSPS) is 23.6. The van der Waals surface area contributed by atoms with Gasteiger partial charge in [-0.2, -0.15) is 0 Å². The average Bonchev–Trinajstić information content (AvgIpc) is 2.52. The molecule has 0 radical (unpaired) electrons. The van der Waals surface area contributed by atoms with Crippen molar-refractivity contribution in [3.8, 4) is 0 Å². The molecule has 1 saturated heterocycles. The minimum Gasteiger partial charge on any atom is -0.312 e. The van der Waals surface area contributed by atoms with Crippen molar-refractivity contribution in [1.29, 1.82) is 0 Å². The van der Waals surface area contributed by atoms with Crippen molar-refractivity contribution in [3.63, 3.8) is 0 Å². The van der Waals surface area contributed by atoms with E-state index in [-0.39, 0.29) is 11.8 Å². The van der Waals surface area contributed by atoms with Crippen LogP contribution in [0.5, 0.6) is 0 Å². The van der Waals surface area contributed by atoms with E-state index in [1.165, 1.54) is 16.1 Å². The van der Waals surface area contributed by atoms with Gasteiger partial charge >= 0.3 is 0 Å². The van der Waals surface area contributed by atoms with Gasteiger partial charge in [0.1, 0.15) is 0 Å². The topological polar surface area (TPSA) is 57.7 Å². The largest absolute Gasteiger partial charge is 0.312 e. The fourth-order valence-electron chi connectivity index (χ4n) is 3.66. The van der Waals surface area contributed by atoms with Gasteiger partial charge in [-0.1, -0.05) is 25.1 Å². The van der Waals surface area contributed by atoms with Crippen molar-refractivity contribution in [2.45, 2.75) is 26.2 Å². The lowest BCUT2D eigenvalue weighted by Crippen LogP contribution is -2.46. The molecule has 1 fully saturated rings. The van der Waals surface area contributed by atoms with Gasteiger partial charge in [0.2, 0.25) is 15.9 Å². The third kappa shape index (κ3) is 3.43. The minimum absolute atomic E-state index is 0.0774. The number of carbonyl (C=O) groups is 1. The highest BCUT2D eigenvalue weighted by atomic mass is 32.2. The number of piperidine rings is 1. The molecule has 23 heavy (non-hydrogen) atoms. The zero-order valence-electron chi connectivity index (χ0n) is 13.7. The van der Waals surface area contributed by atoms with Crippen LogP contribution in [-0.4, -0.2) is 44.5 Å². The van der Waals surface area contributed by atoms with Crippen LogP contribution in [0.2, 0.25) is 0 Å². The average molecular weight is 336 g/mol. The molecule has 3 rings (SSSR count). The molecular formula is C17H24N2O3S. The van der Waals surface area contributed by atoms with Gasteiger partial charge in [-0.3, -0.25) is 4.79 Å². The van der Waals surface area contributed by atoms with Gasteiger partial charge in [0.05, 0.1) is 6.26 Å². The fourth-order valence-corrected chi connectivity index (χ4v) is 4.53. The molecular weight excluding hydrogens is 312 g/mol. The molecule has 1 aromatic carbocycles. The van der Waals surface area contributed by atoms with E-state index < -0.39 is 10.0 Å². The second-order valence-electron chi connectivity index (χ2n) is 6.82. The lowest BCUT2D eigenvalue weighted by atomic mass is 9.90. The standard InChI is InChI=1S/C17H24N2O3S/c1-13-11-15-5-3-4-6-16(15)19(12-13)17(20)14-7-9-18(10-8-14)23(2,21)22/h3-6,13-14H,7-12H2,1-2H3. The summed E-state index contributed by atoms with van der Waals surface area (Å²) in [7, 11) is -3.15. The number of anilines is 1. The van der Waals surface area contributed by atoms with E-state index in [2.05, 4.69) is 13.0 Å². The number of hydrogen-bond donors (Lipinski definition) is 0. The maximum Gasteiger partial charge on any atom is 0.230 e. The van der Waals surface area contributed by atoms with Gasteiger partial charge < -0.3 is 4.90 Å². The summed E-state index contributed by atoms with van der Waals surface area (Å²) in [5.41, 5.74) is 2.26. The third-order valence-electron chi connectivity index (χ3n) is 4.88. The van der Waals surface area contributed by atoms with E-state index >= 15 is 0 Å². The van der Waals surface area contributed by atoms with E-state index in [0.717, 1.165) is 18.7 Å². The molecule has 6 heteroatoms. The Kier molecular flexibility index (Phi) is 4.47. The Labute approximate surface area is 138 Å². The van der Waals surface area contributed by atoms with Crippen LogP contribution in [0.3, 0.4) is 0 Å². The molecule has 126 valence electrons. The van der Waals surface area contributed by atoms with Crippen LogP contribution in [0.1, 0.15) is 25.3 Å². The second kappa shape index (κ2) is 6.24. The Morgan fingerprint density at radius 2 is 1.83 bits per heavy atom. The summed E-state index contributed by atoms with van der Waals surface area (Å²) in [6.45, 7) is 3.81. The van der Waals surface area contributed by atoms with Crippen LogP contribution in [0.25, 0.3) is 0 Å². The van der Waals surface area contributed by atoms with E-state index in [4.69, 9.17) is 0 Å². The predicted molar refractivity (Wildman–Crippen MR) is 90.8 cm³/mol. The van der Waals surface area contributed by atoms with Crippen molar-refractivity contribution in [1.82, 2.24) is 4.31 Å². The molecule has 0 spiro atoms. The monoisotopic (exact) mass is 336 g/mol. The Balaban J connectivity index is 1.75. The minimum atomic E-state index is -3.15. The SMILES string of the molecule is CC1Cc2ccccc2N(C(=O)C2CCN(S(C)(=O)=O)CC2)C1. The van der Waals surface area contributed by atoms with Crippen molar-refractivity contribution in [2.24, 2.45) is 11.8 Å². The first-order valence-corrected chi connectivity index (χ1v) is 10.1. The maximum atomic E-state index is 13.0. The predicted octanol–water partition coefficient (Wildman–Crippen LogP) is 1.88. The molecule has 2 heterocycles. The number of hydrogen-bond acceptors (Lipinski definition) is 3. The summed E-state index contributed by atoms with van der Waals surface area (Å²) in [5, 5.41) is 0. The van der Waals surface area contributed by atoms with Crippen molar-refractivity contribution in [3.05, 3.63) is 29.8 Å². The molecule has 0 N–H and O–H groups in total. The third-order valence-corrected chi connectivity index (χ3v) is 6.19. The van der Waals surface area contributed by atoms with Crippen LogP contribution >= 0.6 is 0 Å². The summed E-state index contributed by atoms with van der Waals surface area (Å²) >= 11 is 0. The molecule has 1 aromatic rings. The molecule has 1 amide bonds. The van der Waals surface area contributed by atoms with Crippen molar-refractivity contribution in [2.75, 3.05) is 30.8 Å². The lowest BCUT2D eigenvalue weighted by Gasteiger charge is -2.37. The number of sulfonamides is 1. The number of nitrogens with zero attached hydrogens (tertiary/aromatic N) is 2. The summed E-state index contributed by atoms with van der Waals surface area (Å²) in [4.78, 5) is 14.9. The molecule has 0 aromatic heterocycles. The van der Waals surface area contributed by atoms with Crippen LogP contribution in [-0.2, 0) is 21.2 Å². The van der Waals surface area contributed by atoms with Gasteiger partial charge in [0, 0.05) is 31.2 Å². The zero-order valence-corrected chi connectivity index (χ0v) is 14.6. The number of rotatable bonds is 2. The van der Waals surface area contributed by atoms with Gasteiger partial charge in [0.15, 0.2) is 0 Å². The molecule has 1 unspecified atom stereocenters. The van der Waals surface area contributed by atoms with Crippen molar-refractivity contribution < 1.29 is 13.2 Å². The Hall–Kier alpha value is -1.40. The molecule has 5 nitrogen and oxygen atoms in total. The summed E-state index contributed by atoms with van der Waals surface area (Å²) in [5.74, 6) is 0.522. The number of amides is 1. The molecule has 0 aliphatic carbocycles. The quantitative estimate of drug-likeness (QED) is 0.829. The number of benzene rings is 1.